The van der Waals surface area contributed by atoms with Crippen molar-refractivity contribution < 1.29 is 17.7 Å². The summed E-state index contributed by atoms with van der Waals surface area (Å²) in [7, 11) is -3.02. The molecule has 0 aliphatic carbocycles. The van der Waals surface area contributed by atoms with E-state index in [2.05, 4.69) is 24.0 Å². The quantitative estimate of drug-likeness (QED) is 0.795. The van der Waals surface area contributed by atoms with E-state index in [1.54, 1.807) is 0 Å². The van der Waals surface area contributed by atoms with Crippen LogP contribution in [0.15, 0.2) is 30.3 Å². The topological polar surface area (TPSA) is 40.2 Å². The van der Waals surface area contributed by atoms with Gasteiger partial charge in [0.2, 0.25) is 0 Å². The fourth-order valence-electron chi connectivity index (χ4n) is 2.64. The molecule has 1 atom stereocenters. The second kappa shape index (κ2) is 7.00. The molecule has 1 unspecified atom stereocenters. The zero-order valence-electron chi connectivity index (χ0n) is 12.5. The maximum absolute atomic E-state index is 6.27. The van der Waals surface area contributed by atoms with Gasteiger partial charge < -0.3 is 17.7 Å². The summed E-state index contributed by atoms with van der Waals surface area (Å²) in [6.07, 6.45) is 0.864. The number of hydrogen-bond donors (Lipinski definition) is 0. The van der Waals surface area contributed by atoms with Gasteiger partial charge in [-0.3, -0.25) is 4.90 Å². The lowest BCUT2D eigenvalue weighted by molar-refractivity contribution is -0.100. The lowest BCUT2D eigenvalue weighted by Gasteiger charge is -2.40. The predicted molar refractivity (Wildman–Crippen MR) is 80.6 cm³/mol. The first kappa shape index (κ1) is 15.1. The zero-order valence-corrected chi connectivity index (χ0v) is 13.5. The summed E-state index contributed by atoms with van der Waals surface area (Å²) in [6, 6.07) is 10.3. The Morgan fingerprint density at radius 3 is 2.57 bits per heavy atom. The highest BCUT2D eigenvalue weighted by molar-refractivity contribution is 6.53. The van der Waals surface area contributed by atoms with Crippen LogP contribution >= 0.6 is 0 Å². The Hall–Kier alpha value is -0.763. The third kappa shape index (κ3) is 3.71. The van der Waals surface area contributed by atoms with Crippen molar-refractivity contribution in [3.63, 3.8) is 0 Å². The van der Waals surface area contributed by atoms with Gasteiger partial charge in [-0.1, -0.05) is 37.3 Å². The monoisotopic (exact) mass is 309 g/mol. The van der Waals surface area contributed by atoms with Crippen LogP contribution in [0, 0.1) is 0 Å². The van der Waals surface area contributed by atoms with E-state index in [-0.39, 0.29) is 6.10 Å². The second-order valence-corrected chi connectivity index (χ2v) is 7.46. The van der Waals surface area contributed by atoms with Crippen LogP contribution in [0.5, 0.6) is 0 Å². The molecule has 4 rings (SSSR count). The fourth-order valence-corrected chi connectivity index (χ4v) is 4.79. The summed E-state index contributed by atoms with van der Waals surface area (Å²) >= 11 is 0. The average Bonchev–Trinajstić information content (AvgIpc) is 2.46. The van der Waals surface area contributed by atoms with Crippen LogP contribution in [0.3, 0.4) is 0 Å². The summed E-state index contributed by atoms with van der Waals surface area (Å²) in [5, 5.41) is 0. The van der Waals surface area contributed by atoms with Gasteiger partial charge in [-0.2, -0.15) is 0 Å². The Kier molecular flexibility index (Phi) is 5.05. The number of rotatable bonds is 4. The molecular weight excluding hydrogens is 286 g/mol. The summed E-state index contributed by atoms with van der Waals surface area (Å²) in [6.45, 7) is 6.57. The van der Waals surface area contributed by atoms with Crippen molar-refractivity contribution in [2.75, 3.05) is 39.5 Å². The molecule has 0 aromatic heterocycles. The summed E-state index contributed by atoms with van der Waals surface area (Å²) < 4.78 is 24.0. The number of hydrogen-bond acceptors (Lipinski definition) is 5. The van der Waals surface area contributed by atoms with E-state index in [4.69, 9.17) is 17.7 Å². The highest BCUT2D eigenvalue weighted by Crippen LogP contribution is 2.29. The molecule has 116 valence electrons. The lowest BCUT2D eigenvalue weighted by atomic mass is 10.1. The Bertz CT molecular complexity index is 429. The molecule has 0 amide bonds. The molecule has 0 saturated carbocycles. The van der Waals surface area contributed by atoms with Crippen molar-refractivity contribution in [3.05, 3.63) is 35.9 Å². The van der Waals surface area contributed by atoms with Gasteiger partial charge in [0, 0.05) is 26.2 Å². The Morgan fingerprint density at radius 1 is 1.19 bits per heavy atom. The molecule has 0 spiro atoms. The maximum atomic E-state index is 6.27. The SMILES string of the molecule is CCCO[Si]12OCCN(CCO1)CC(c1ccccc1)O2. The Labute approximate surface area is 127 Å². The molecule has 3 saturated heterocycles. The minimum atomic E-state index is -3.02. The number of fused-ring (bicyclic) bond motifs is 6. The van der Waals surface area contributed by atoms with Gasteiger partial charge in [-0.25, -0.2) is 0 Å². The predicted octanol–water partition coefficient (Wildman–Crippen LogP) is 1.97. The molecule has 1 aromatic rings. The molecule has 3 aliphatic rings. The van der Waals surface area contributed by atoms with Gasteiger partial charge in [0.05, 0.1) is 19.3 Å². The number of nitrogens with zero attached hydrogens (tertiary/aromatic N) is 1. The molecule has 3 heterocycles. The van der Waals surface area contributed by atoms with Gasteiger partial charge in [-0.15, -0.1) is 0 Å². The van der Waals surface area contributed by atoms with Crippen LogP contribution in [0.2, 0.25) is 0 Å². The van der Waals surface area contributed by atoms with Crippen LogP contribution in [-0.4, -0.2) is 53.4 Å². The molecule has 3 aliphatic heterocycles. The van der Waals surface area contributed by atoms with E-state index in [0.717, 1.165) is 31.6 Å². The first-order valence-electron chi connectivity index (χ1n) is 7.68. The molecule has 5 nitrogen and oxygen atoms in total. The van der Waals surface area contributed by atoms with Gasteiger partial charge in [0.1, 0.15) is 0 Å². The van der Waals surface area contributed by atoms with E-state index in [1.165, 1.54) is 0 Å². The normalized spacial score (nSPS) is 33.2. The molecule has 0 N–H and O–H groups in total. The minimum Gasteiger partial charge on any atom is -0.351 e. The van der Waals surface area contributed by atoms with Crippen LogP contribution in [0.1, 0.15) is 25.0 Å². The molecule has 0 radical (unpaired) electrons. The highest BCUT2D eigenvalue weighted by Gasteiger charge is 2.50. The smallest absolute Gasteiger partial charge is 0.351 e. The van der Waals surface area contributed by atoms with E-state index in [1.807, 2.05) is 18.2 Å². The first-order chi connectivity index (χ1) is 10.3. The van der Waals surface area contributed by atoms with Crippen LogP contribution in [-0.2, 0) is 17.7 Å². The van der Waals surface area contributed by atoms with E-state index >= 15 is 0 Å². The van der Waals surface area contributed by atoms with Gasteiger partial charge in [0.25, 0.3) is 0 Å². The maximum Gasteiger partial charge on any atom is 0.680 e. The minimum absolute atomic E-state index is 0.0599. The van der Waals surface area contributed by atoms with Gasteiger partial charge >= 0.3 is 9.05 Å². The van der Waals surface area contributed by atoms with Crippen molar-refractivity contribution in [2.45, 2.75) is 19.4 Å². The molecule has 21 heavy (non-hydrogen) atoms. The van der Waals surface area contributed by atoms with E-state index in [9.17, 15) is 0 Å². The number of benzene rings is 1. The van der Waals surface area contributed by atoms with E-state index < -0.39 is 9.05 Å². The van der Waals surface area contributed by atoms with E-state index in [0.29, 0.717) is 19.8 Å². The Morgan fingerprint density at radius 2 is 1.90 bits per heavy atom. The van der Waals surface area contributed by atoms with Gasteiger partial charge in [-0.05, 0) is 12.0 Å². The van der Waals surface area contributed by atoms with Crippen LogP contribution < -0.4 is 0 Å². The van der Waals surface area contributed by atoms with Crippen LogP contribution in [0.25, 0.3) is 0 Å². The molecule has 2 bridgehead atoms. The van der Waals surface area contributed by atoms with Crippen molar-refractivity contribution in [2.24, 2.45) is 0 Å². The van der Waals surface area contributed by atoms with Crippen LogP contribution in [0.4, 0.5) is 0 Å². The summed E-state index contributed by atoms with van der Waals surface area (Å²) in [4.78, 5) is 2.33. The molecular formula is C15H23NO4Si. The molecule has 6 heteroatoms. The Balaban J connectivity index is 1.84. The fraction of sp³-hybridized carbons (Fsp3) is 0.600. The lowest BCUT2D eigenvalue weighted by Crippen LogP contribution is -2.57. The van der Waals surface area contributed by atoms with Crippen molar-refractivity contribution in [1.29, 1.82) is 0 Å². The summed E-state index contributed by atoms with van der Waals surface area (Å²) in [5.74, 6) is 0. The summed E-state index contributed by atoms with van der Waals surface area (Å²) in [5.41, 5.74) is 1.15. The molecule has 3 fully saturated rings. The molecule has 1 aromatic carbocycles. The highest BCUT2D eigenvalue weighted by atomic mass is 28.4. The van der Waals surface area contributed by atoms with Gasteiger partial charge in [0.15, 0.2) is 0 Å². The largest absolute Gasteiger partial charge is 0.680 e. The third-order valence-electron chi connectivity index (χ3n) is 3.74. The third-order valence-corrected chi connectivity index (χ3v) is 5.98. The van der Waals surface area contributed by atoms with Crippen molar-refractivity contribution >= 4 is 9.05 Å². The standard InChI is InChI=1S/C15H23NO4Si/c1-2-10-17-21-18-11-8-16(9-12-19-21)13-15(20-21)14-6-4-3-5-7-14/h3-7,15H,2,8-13H2,1H3. The first-order valence-corrected chi connectivity index (χ1v) is 9.31. The zero-order chi connectivity index (χ0) is 14.5. The average molecular weight is 309 g/mol. The van der Waals surface area contributed by atoms with Crippen molar-refractivity contribution in [1.82, 2.24) is 4.90 Å². The van der Waals surface area contributed by atoms with Crippen molar-refractivity contribution in [3.8, 4) is 0 Å². The second-order valence-electron chi connectivity index (χ2n) is 5.36.